The largest absolute Gasteiger partial charge is 0.310 e. The van der Waals surface area contributed by atoms with E-state index < -0.39 is 0 Å². The van der Waals surface area contributed by atoms with Crippen molar-refractivity contribution in [3.05, 3.63) is 17.5 Å². The molecule has 1 fully saturated rings. The van der Waals surface area contributed by atoms with Gasteiger partial charge in [0.25, 0.3) is 0 Å². The number of nitrogens with zero attached hydrogens (tertiary/aromatic N) is 3. The van der Waals surface area contributed by atoms with Gasteiger partial charge in [0.15, 0.2) is 0 Å². The lowest BCUT2D eigenvalue weighted by Gasteiger charge is -2.35. The third kappa shape index (κ3) is 3.57. The van der Waals surface area contributed by atoms with Crippen LogP contribution in [0.4, 0.5) is 0 Å². The first-order valence-corrected chi connectivity index (χ1v) is 7.55. The summed E-state index contributed by atoms with van der Waals surface area (Å²) < 4.78 is 1.95. The van der Waals surface area contributed by atoms with Gasteiger partial charge in [-0.25, -0.2) is 0 Å². The predicted octanol–water partition coefficient (Wildman–Crippen LogP) is 1.94. The van der Waals surface area contributed by atoms with Gasteiger partial charge in [0.2, 0.25) is 0 Å². The van der Waals surface area contributed by atoms with Crippen LogP contribution < -0.4 is 5.32 Å². The van der Waals surface area contributed by atoms with E-state index in [2.05, 4.69) is 36.1 Å². The molecule has 2 atom stereocenters. The number of nitrogens with one attached hydrogen (secondary N) is 1. The first-order valence-electron chi connectivity index (χ1n) is 7.55. The Morgan fingerprint density at radius 2 is 2.32 bits per heavy atom. The van der Waals surface area contributed by atoms with E-state index in [4.69, 9.17) is 0 Å². The molecule has 0 aliphatic carbocycles. The molecular formula is C15H28N4. The number of aryl methyl sites for hydroxylation is 1. The molecule has 0 saturated carbocycles. The normalized spacial score (nSPS) is 22.6. The van der Waals surface area contributed by atoms with Crippen LogP contribution in [0.3, 0.4) is 0 Å². The average molecular weight is 264 g/mol. The van der Waals surface area contributed by atoms with E-state index in [9.17, 15) is 0 Å². The fourth-order valence-electron chi connectivity index (χ4n) is 2.94. The molecule has 2 rings (SSSR count). The van der Waals surface area contributed by atoms with Crippen molar-refractivity contribution in [1.82, 2.24) is 20.0 Å². The highest BCUT2D eigenvalue weighted by Gasteiger charge is 2.23. The van der Waals surface area contributed by atoms with Crippen molar-refractivity contribution in [3.8, 4) is 0 Å². The van der Waals surface area contributed by atoms with Gasteiger partial charge in [-0.15, -0.1) is 0 Å². The molecule has 1 aliphatic rings. The Bertz CT molecular complexity index is 399. The first-order chi connectivity index (χ1) is 9.11. The number of hydrogen-bond acceptors (Lipinski definition) is 3. The van der Waals surface area contributed by atoms with Crippen molar-refractivity contribution in [2.24, 2.45) is 13.0 Å². The Hall–Kier alpha value is -0.870. The Morgan fingerprint density at radius 3 is 2.95 bits per heavy atom. The van der Waals surface area contributed by atoms with Crippen LogP contribution in [0.25, 0.3) is 0 Å². The fraction of sp³-hybridized carbons (Fsp3) is 0.800. The van der Waals surface area contributed by atoms with E-state index in [1.165, 1.54) is 43.7 Å². The summed E-state index contributed by atoms with van der Waals surface area (Å²) in [5.74, 6) is 0.783. The second-order valence-electron chi connectivity index (χ2n) is 5.84. The van der Waals surface area contributed by atoms with Gasteiger partial charge in [-0.1, -0.05) is 6.92 Å². The monoisotopic (exact) mass is 264 g/mol. The van der Waals surface area contributed by atoms with E-state index >= 15 is 0 Å². The van der Waals surface area contributed by atoms with E-state index in [0.717, 1.165) is 12.5 Å². The molecular weight excluding hydrogens is 236 g/mol. The molecule has 0 radical (unpaired) electrons. The molecule has 4 nitrogen and oxygen atoms in total. The van der Waals surface area contributed by atoms with Crippen molar-refractivity contribution < 1.29 is 0 Å². The first kappa shape index (κ1) is 14.5. The molecule has 4 heteroatoms. The molecule has 1 saturated heterocycles. The van der Waals surface area contributed by atoms with E-state index in [1.807, 2.05) is 17.9 Å². The summed E-state index contributed by atoms with van der Waals surface area (Å²) in [7, 11) is 2.00. The average Bonchev–Trinajstić information content (AvgIpc) is 2.76. The summed E-state index contributed by atoms with van der Waals surface area (Å²) in [4.78, 5) is 2.57. The molecule has 1 aliphatic heterocycles. The van der Waals surface area contributed by atoms with Crippen molar-refractivity contribution in [2.45, 2.75) is 46.2 Å². The summed E-state index contributed by atoms with van der Waals surface area (Å²) in [5, 5.41) is 7.99. The van der Waals surface area contributed by atoms with Gasteiger partial charge in [0, 0.05) is 37.4 Å². The van der Waals surface area contributed by atoms with Crippen LogP contribution in [0.5, 0.6) is 0 Å². The topological polar surface area (TPSA) is 33.1 Å². The number of rotatable bonds is 5. The highest BCUT2D eigenvalue weighted by atomic mass is 15.3. The molecule has 2 heterocycles. The maximum Gasteiger partial charge on any atom is 0.0537 e. The van der Waals surface area contributed by atoms with Crippen molar-refractivity contribution >= 4 is 0 Å². The standard InChI is InChI=1S/C15H28N4/c1-5-19-8-6-7-14(11-19)12(2)16-9-15-10-17-18(4)13(15)3/h10,12,14,16H,5-9,11H2,1-4H3. The van der Waals surface area contributed by atoms with Gasteiger partial charge in [-0.2, -0.15) is 5.10 Å². The highest BCUT2D eigenvalue weighted by Crippen LogP contribution is 2.20. The Kier molecular flexibility index (Phi) is 4.99. The Labute approximate surface area is 117 Å². The minimum atomic E-state index is 0.578. The molecule has 0 spiro atoms. The third-order valence-corrected chi connectivity index (χ3v) is 4.65. The minimum absolute atomic E-state index is 0.578. The van der Waals surface area contributed by atoms with Gasteiger partial charge >= 0.3 is 0 Å². The molecule has 0 aromatic carbocycles. The molecule has 1 aromatic rings. The highest BCUT2D eigenvalue weighted by molar-refractivity contribution is 5.15. The maximum absolute atomic E-state index is 4.30. The maximum atomic E-state index is 4.30. The molecule has 0 bridgehead atoms. The van der Waals surface area contributed by atoms with Crippen LogP contribution >= 0.6 is 0 Å². The summed E-state index contributed by atoms with van der Waals surface area (Å²) in [6.45, 7) is 11.4. The van der Waals surface area contributed by atoms with Crippen LogP contribution in [0.15, 0.2) is 6.20 Å². The van der Waals surface area contributed by atoms with Gasteiger partial charge in [0.05, 0.1) is 6.20 Å². The number of aromatic nitrogens is 2. The SMILES string of the molecule is CCN1CCCC(C(C)NCc2cnn(C)c2C)C1. The van der Waals surface area contributed by atoms with Crippen molar-refractivity contribution in [2.75, 3.05) is 19.6 Å². The third-order valence-electron chi connectivity index (χ3n) is 4.65. The predicted molar refractivity (Wildman–Crippen MR) is 79.1 cm³/mol. The Balaban J connectivity index is 1.83. The lowest BCUT2D eigenvalue weighted by molar-refractivity contribution is 0.157. The van der Waals surface area contributed by atoms with Gasteiger partial charge < -0.3 is 10.2 Å². The van der Waals surface area contributed by atoms with E-state index in [-0.39, 0.29) is 0 Å². The second-order valence-corrected chi connectivity index (χ2v) is 5.84. The van der Waals surface area contributed by atoms with Gasteiger partial charge in [-0.3, -0.25) is 4.68 Å². The van der Waals surface area contributed by atoms with Crippen molar-refractivity contribution in [3.63, 3.8) is 0 Å². The number of piperidine rings is 1. The van der Waals surface area contributed by atoms with Crippen molar-refractivity contribution in [1.29, 1.82) is 0 Å². The zero-order chi connectivity index (χ0) is 13.8. The minimum Gasteiger partial charge on any atom is -0.310 e. The molecule has 0 amide bonds. The summed E-state index contributed by atoms with van der Waals surface area (Å²) in [6, 6.07) is 0.578. The molecule has 1 N–H and O–H groups in total. The Morgan fingerprint density at radius 1 is 1.53 bits per heavy atom. The smallest absolute Gasteiger partial charge is 0.0537 e. The zero-order valence-electron chi connectivity index (χ0n) is 12.8. The summed E-state index contributed by atoms with van der Waals surface area (Å²) in [6.07, 6.45) is 4.68. The van der Waals surface area contributed by atoms with Crippen LogP contribution in [0.2, 0.25) is 0 Å². The summed E-state index contributed by atoms with van der Waals surface area (Å²) in [5.41, 5.74) is 2.58. The van der Waals surface area contributed by atoms with Crippen LogP contribution in [0.1, 0.15) is 37.9 Å². The molecule has 19 heavy (non-hydrogen) atoms. The lowest BCUT2D eigenvalue weighted by atomic mass is 9.91. The van der Waals surface area contributed by atoms with Gasteiger partial charge in [-0.05, 0) is 45.7 Å². The molecule has 1 aromatic heterocycles. The van der Waals surface area contributed by atoms with E-state index in [1.54, 1.807) is 0 Å². The van der Waals surface area contributed by atoms with Crippen LogP contribution in [-0.2, 0) is 13.6 Å². The zero-order valence-corrected chi connectivity index (χ0v) is 12.8. The van der Waals surface area contributed by atoms with Crippen LogP contribution in [-0.4, -0.2) is 40.4 Å². The fourth-order valence-corrected chi connectivity index (χ4v) is 2.94. The van der Waals surface area contributed by atoms with Gasteiger partial charge in [0.1, 0.15) is 0 Å². The quantitative estimate of drug-likeness (QED) is 0.882. The number of hydrogen-bond donors (Lipinski definition) is 1. The molecule has 2 unspecified atom stereocenters. The lowest BCUT2D eigenvalue weighted by Crippen LogP contribution is -2.44. The van der Waals surface area contributed by atoms with Crippen LogP contribution in [0, 0.1) is 12.8 Å². The second kappa shape index (κ2) is 6.53. The molecule has 108 valence electrons. The van der Waals surface area contributed by atoms with E-state index in [0.29, 0.717) is 6.04 Å². The summed E-state index contributed by atoms with van der Waals surface area (Å²) >= 11 is 0. The number of likely N-dealkylation sites (tertiary alicyclic amines) is 1.